The molecule has 0 spiro atoms. The Balaban J connectivity index is 2.47. The fraction of sp³-hybridized carbons (Fsp3) is 0.462. The van der Waals surface area contributed by atoms with E-state index in [1.807, 2.05) is 0 Å². The predicted molar refractivity (Wildman–Crippen MR) is 76.8 cm³/mol. The van der Waals surface area contributed by atoms with Gasteiger partial charge in [0.15, 0.2) is 4.90 Å². The van der Waals surface area contributed by atoms with Crippen molar-refractivity contribution >= 4 is 21.7 Å². The number of carboxylic acid groups (broad SMARTS) is 1. The second-order valence-corrected chi connectivity index (χ2v) is 7.03. The van der Waals surface area contributed by atoms with E-state index in [4.69, 9.17) is 0 Å². The summed E-state index contributed by atoms with van der Waals surface area (Å²) < 4.78 is 26.5. The second-order valence-electron chi connectivity index (χ2n) is 5.17. The Hall–Kier alpha value is -2.00. The molecule has 1 aromatic rings. The van der Waals surface area contributed by atoms with Crippen LogP contribution in [0.4, 0.5) is 5.69 Å². The number of benzene rings is 1. The molecule has 9 heteroatoms. The number of carbonyl (C=O) groups is 1. The number of piperidine rings is 1. The van der Waals surface area contributed by atoms with Crippen molar-refractivity contribution in [3.63, 3.8) is 0 Å². The average molecular weight is 328 g/mol. The monoisotopic (exact) mass is 328 g/mol. The maximum atomic E-state index is 12.7. The molecule has 8 nitrogen and oxygen atoms in total. The summed E-state index contributed by atoms with van der Waals surface area (Å²) in [5.41, 5.74) is -0.507. The highest BCUT2D eigenvalue weighted by molar-refractivity contribution is 7.89. The number of carboxylic acids is 1. The van der Waals surface area contributed by atoms with Crippen LogP contribution in [-0.2, 0) is 14.8 Å². The molecular weight excluding hydrogens is 312 g/mol. The van der Waals surface area contributed by atoms with Crippen molar-refractivity contribution in [2.75, 3.05) is 6.54 Å². The number of hydrogen-bond acceptors (Lipinski definition) is 5. The fourth-order valence-electron chi connectivity index (χ4n) is 2.73. The van der Waals surface area contributed by atoms with E-state index in [-0.39, 0.29) is 6.54 Å². The number of sulfonamides is 1. The Kier molecular flexibility index (Phi) is 4.47. The molecule has 0 amide bonds. The maximum absolute atomic E-state index is 12.7. The van der Waals surface area contributed by atoms with Crippen LogP contribution in [0.5, 0.6) is 0 Å². The lowest BCUT2D eigenvalue weighted by Crippen LogP contribution is -2.49. The molecule has 1 saturated heterocycles. The third-order valence-corrected chi connectivity index (χ3v) is 5.93. The molecule has 0 aromatic heterocycles. The van der Waals surface area contributed by atoms with Crippen LogP contribution in [0, 0.1) is 16.0 Å². The van der Waals surface area contributed by atoms with E-state index in [9.17, 15) is 28.4 Å². The molecule has 1 aliphatic heterocycles. The first-order chi connectivity index (χ1) is 10.3. The van der Waals surface area contributed by atoms with Crippen molar-refractivity contribution in [1.82, 2.24) is 4.31 Å². The molecule has 2 atom stereocenters. The topological polar surface area (TPSA) is 118 Å². The summed E-state index contributed by atoms with van der Waals surface area (Å²) in [7, 11) is -4.12. The van der Waals surface area contributed by atoms with Gasteiger partial charge in [0.2, 0.25) is 10.0 Å². The number of nitro groups is 1. The van der Waals surface area contributed by atoms with Crippen LogP contribution in [0.2, 0.25) is 0 Å². The van der Waals surface area contributed by atoms with Gasteiger partial charge in [0.25, 0.3) is 5.69 Å². The number of hydrogen-bond donors (Lipinski definition) is 1. The highest BCUT2D eigenvalue weighted by Crippen LogP contribution is 2.32. The minimum atomic E-state index is -4.12. The van der Waals surface area contributed by atoms with Gasteiger partial charge < -0.3 is 5.11 Å². The summed E-state index contributed by atoms with van der Waals surface area (Å²) in [6.07, 6.45) is 0.792. The molecule has 0 saturated carbocycles. The zero-order valence-electron chi connectivity index (χ0n) is 11.9. The van der Waals surface area contributed by atoms with Gasteiger partial charge in [-0.15, -0.1) is 0 Å². The summed E-state index contributed by atoms with van der Waals surface area (Å²) in [5.74, 6) is -1.87. The number of nitro benzene ring substituents is 1. The Morgan fingerprint density at radius 3 is 2.64 bits per heavy atom. The van der Waals surface area contributed by atoms with E-state index in [2.05, 4.69) is 0 Å². The number of nitrogens with zero attached hydrogens (tertiary/aromatic N) is 2. The quantitative estimate of drug-likeness (QED) is 0.660. The van der Waals surface area contributed by atoms with Gasteiger partial charge in [0.1, 0.15) is 0 Å². The van der Waals surface area contributed by atoms with Gasteiger partial charge in [-0.1, -0.05) is 12.1 Å². The smallest absolute Gasteiger partial charge is 0.308 e. The van der Waals surface area contributed by atoms with Gasteiger partial charge in [0, 0.05) is 18.7 Å². The summed E-state index contributed by atoms with van der Waals surface area (Å²) >= 11 is 0. The highest BCUT2D eigenvalue weighted by atomic mass is 32.2. The summed E-state index contributed by atoms with van der Waals surface area (Å²) in [4.78, 5) is 21.1. The highest BCUT2D eigenvalue weighted by Gasteiger charge is 2.41. The Morgan fingerprint density at radius 2 is 2.05 bits per heavy atom. The van der Waals surface area contributed by atoms with Crippen molar-refractivity contribution < 1.29 is 23.2 Å². The van der Waals surface area contributed by atoms with Crippen LogP contribution in [0.25, 0.3) is 0 Å². The Bertz CT molecular complexity index is 702. The Labute approximate surface area is 127 Å². The summed E-state index contributed by atoms with van der Waals surface area (Å²) in [6, 6.07) is 4.33. The van der Waals surface area contributed by atoms with Crippen molar-refractivity contribution in [3.8, 4) is 0 Å². The van der Waals surface area contributed by atoms with Crippen molar-refractivity contribution in [1.29, 1.82) is 0 Å². The van der Waals surface area contributed by atoms with Gasteiger partial charge in [-0.3, -0.25) is 14.9 Å². The van der Waals surface area contributed by atoms with Crippen molar-refractivity contribution in [2.24, 2.45) is 5.92 Å². The molecular formula is C13H16N2O6S. The molecule has 1 N–H and O–H groups in total. The van der Waals surface area contributed by atoms with E-state index in [0.29, 0.717) is 12.8 Å². The molecule has 0 unspecified atom stereocenters. The maximum Gasteiger partial charge on any atom is 0.308 e. The molecule has 2 rings (SSSR count). The zero-order valence-corrected chi connectivity index (χ0v) is 12.7. The summed E-state index contributed by atoms with van der Waals surface area (Å²) in [5, 5.41) is 20.2. The van der Waals surface area contributed by atoms with Crippen LogP contribution in [-0.4, -0.2) is 41.3 Å². The van der Waals surface area contributed by atoms with E-state index in [1.54, 1.807) is 0 Å². The minimum absolute atomic E-state index is 0.152. The van der Waals surface area contributed by atoms with Crippen LogP contribution >= 0.6 is 0 Å². The molecule has 0 aliphatic carbocycles. The van der Waals surface area contributed by atoms with Gasteiger partial charge in [-0.05, 0) is 25.8 Å². The number of rotatable bonds is 4. The van der Waals surface area contributed by atoms with Gasteiger partial charge >= 0.3 is 5.97 Å². The van der Waals surface area contributed by atoms with Gasteiger partial charge in [0.05, 0.1) is 10.8 Å². The largest absolute Gasteiger partial charge is 0.481 e. The van der Waals surface area contributed by atoms with E-state index >= 15 is 0 Å². The van der Waals surface area contributed by atoms with Gasteiger partial charge in [-0.2, -0.15) is 4.31 Å². The predicted octanol–water partition coefficient (Wildman–Crippen LogP) is 1.47. The third kappa shape index (κ3) is 2.81. The lowest BCUT2D eigenvalue weighted by Gasteiger charge is -2.36. The van der Waals surface area contributed by atoms with E-state index in [1.165, 1.54) is 25.1 Å². The molecule has 22 heavy (non-hydrogen) atoms. The first-order valence-corrected chi connectivity index (χ1v) is 8.19. The number of para-hydroxylation sites is 1. The van der Waals surface area contributed by atoms with Gasteiger partial charge in [-0.25, -0.2) is 8.42 Å². The lowest BCUT2D eigenvalue weighted by atomic mass is 9.92. The second kappa shape index (κ2) is 6.01. The van der Waals surface area contributed by atoms with Crippen LogP contribution < -0.4 is 0 Å². The van der Waals surface area contributed by atoms with Crippen LogP contribution in [0.3, 0.4) is 0 Å². The molecule has 0 bridgehead atoms. The van der Waals surface area contributed by atoms with E-state index in [0.717, 1.165) is 10.4 Å². The third-order valence-electron chi connectivity index (χ3n) is 3.90. The first kappa shape index (κ1) is 16.4. The zero-order chi connectivity index (χ0) is 16.5. The molecule has 120 valence electrons. The normalized spacial score (nSPS) is 23.1. The fourth-order valence-corrected chi connectivity index (χ4v) is 4.60. The van der Waals surface area contributed by atoms with Crippen LogP contribution in [0.15, 0.2) is 29.2 Å². The van der Waals surface area contributed by atoms with E-state index < -0.39 is 43.5 Å². The summed E-state index contributed by atoms with van der Waals surface area (Å²) in [6.45, 7) is 1.67. The number of aliphatic carboxylic acids is 1. The lowest BCUT2D eigenvalue weighted by molar-refractivity contribution is -0.387. The molecule has 0 radical (unpaired) electrons. The first-order valence-electron chi connectivity index (χ1n) is 6.75. The molecule has 1 aliphatic rings. The minimum Gasteiger partial charge on any atom is -0.481 e. The Morgan fingerprint density at radius 1 is 1.41 bits per heavy atom. The standard InChI is InChI=1S/C13H16N2O6S/c1-9-10(13(16)17)5-4-8-14(9)22(20,21)12-7-3-2-6-11(12)15(18)19/h2-3,6-7,9-10H,4-5,8H2,1H3,(H,16,17)/t9-,10-/m1/s1. The SMILES string of the molecule is C[C@@H]1[C@H](C(=O)O)CCCN1S(=O)(=O)c1ccccc1[N+](=O)[O-]. The average Bonchev–Trinajstić information content (AvgIpc) is 2.46. The van der Waals surface area contributed by atoms with Crippen molar-refractivity contribution in [3.05, 3.63) is 34.4 Å². The molecule has 1 heterocycles. The molecule has 1 aromatic carbocycles. The van der Waals surface area contributed by atoms with Crippen molar-refractivity contribution in [2.45, 2.75) is 30.7 Å². The van der Waals surface area contributed by atoms with Crippen LogP contribution in [0.1, 0.15) is 19.8 Å². The molecule has 1 fully saturated rings.